The highest BCUT2D eigenvalue weighted by molar-refractivity contribution is 5.82. The number of hydrogen-bond donors (Lipinski definition) is 2. The van der Waals surface area contributed by atoms with Crippen molar-refractivity contribution in [1.29, 1.82) is 0 Å². The molecule has 2 fully saturated rings. The van der Waals surface area contributed by atoms with E-state index in [2.05, 4.69) is 17.1 Å². The third kappa shape index (κ3) is 2.97. The lowest BCUT2D eigenvalue weighted by atomic mass is 9.85. The maximum Gasteiger partial charge on any atom is 0.239 e. The average Bonchev–Trinajstić information content (AvgIpc) is 2.32. The van der Waals surface area contributed by atoms with Crippen molar-refractivity contribution < 1.29 is 9.53 Å². The zero-order chi connectivity index (χ0) is 12.3. The van der Waals surface area contributed by atoms with Crippen LogP contribution in [0.2, 0.25) is 0 Å². The van der Waals surface area contributed by atoms with E-state index in [0.29, 0.717) is 18.7 Å². The van der Waals surface area contributed by atoms with Gasteiger partial charge in [0.15, 0.2) is 0 Å². The van der Waals surface area contributed by atoms with Crippen molar-refractivity contribution in [3.05, 3.63) is 0 Å². The molecular weight excluding hydrogens is 218 g/mol. The summed E-state index contributed by atoms with van der Waals surface area (Å²) < 4.78 is 5.43. The Kier molecular flexibility index (Phi) is 4.36. The van der Waals surface area contributed by atoms with Crippen LogP contribution < -0.4 is 11.1 Å². The van der Waals surface area contributed by atoms with Crippen LogP contribution in [0.4, 0.5) is 0 Å². The lowest BCUT2D eigenvalue weighted by Crippen LogP contribution is -2.61. The first-order chi connectivity index (χ1) is 8.22. The van der Waals surface area contributed by atoms with E-state index in [1.54, 1.807) is 0 Å². The molecular formula is C12H23N3O2. The van der Waals surface area contributed by atoms with Crippen LogP contribution in [0.5, 0.6) is 0 Å². The lowest BCUT2D eigenvalue weighted by Gasteiger charge is -2.46. The maximum atomic E-state index is 12.0. The van der Waals surface area contributed by atoms with Gasteiger partial charge in [-0.3, -0.25) is 9.69 Å². The second-order valence-electron chi connectivity index (χ2n) is 5.00. The highest BCUT2D eigenvalue weighted by Gasteiger charge is 2.39. The summed E-state index contributed by atoms with van der Waals surface area (Å²) in [6.45, 7) is 4.89. The number of hydrogen-bond acceptors (Lipinski definition) is 4. The van der Waals surface area contributed by atoms with Gasteiger partial charge in [-0.25, -0.2) is 0 Å². The van der Waals surface area contributed by atoms with Gasteiger partial charge < -0.3 is 15.8 Å². The number of nitrogens with two attached hydrogens (primary N) is 1. The number of nitrogens with zero attached hydrogens (tertiary/aromatic N) is 1. The minimum absolute atomic E-state index is 0.104. The van der Waals surface area contributed by atoms with Crippen LogP contribution in [-0.2, 0) is 9.53 Å². The van der Waals surface area contributed by atoms with Crippen LogP contribution in [0.1, 0.15) is 26.2 Å². The fourth-order valence-electron chi connectivity index (χ4n) is 2.55. The van der Waals surface area contributed by atoms with Crippen LogP contribution in [0.15, 0.2) is 0 Å². The number of carbonyl (C=O) groups excluding carboxylic acids is 1. The smallest absolute Gasteiger partial charge is 0.239 e. The monoisotopic (exact) mass is 241 g/mol. The Bertz CT molecular complexity index is 266. The molecule has 1 saturated carbocycles. The Morgan fingerprint density at radius 1 is 1.53 bits per heavy atom. The molecule has 0 aromatic heterocycles. The number of carbonyl (C=O) groups is 1. The van der Waals surface area contributed by atoms with E-state index in [1.165, 1.54) is 0 Å². The minimum Gasteiger partial charge on any atom is -0.378 e. The third-order valence-electron chi connectivity index (χ3n) is 3.64. The molecule has 17 heavy (non-hydrogen) atoms. The topological polar surface area (TPSA) is 67.6 Å². The van der Waals surface area contributed by atoms with Crippen molar-refractivity contribution in [2.75, 3.05) is 26.3 Å². The van der Waals surface area contributed by atoms with Crippen LogP contribution in [0.25, 0.3) is 0 Å². The van der Waals surface area contributed by atoms with E-state index in [0.717, 1.165) is 39.0 Å². The van der Waals surface area contributed by atoms with E-state index in [4.69, 9.17) is 10.5 Å². The number of morpholine rings is 1. The van der Waals surface area contributed by atoms with Crippen LogP contribution in [0, 0.1) is 0 Å². The van der Waals surface area contributed by atoms with Gasteiger partial charge in [0.1, 0.15) is 6.04 Å². The van der Waals surface area contributed by atoms with Gasteiger partial charge in [0.25, 0.3) is 0 Å². The highest BCUT2D eigenvalue weighted by atomic mass is 16.5. The molecule has 2 rings (SSSR count). The van der Waals surface area contributed by atoms with Crippen molar-refractivity contribution >= 4 is 5.91 Å². The van der Waals surface area contributed by atoms with E-state index in [-0.39, 0.29) is 11.9 Å². The molecule has 0 aromatic carbocycles. The minimum atomic E-state index is -0.118. The zero-order valence-corrected chi connectivity index (χ0v) is 10.5. The quantitative estimate of drug-likeness (QED) is 0.709. The zero-order valence-electron chi connectivity index (χ0n) is 10.5. The van der Waals surface area contributed by atoms with Crippen LogP contribution >= 0.6 is 0 Å². The molecule has 3 N–H and O–H groups in total. The largest absolute Gasteiger partial charge is 0.378 e. The molecule has 98 valence electrons. The molecule has 0 spiro atoms. The second-order valence-corrected chi connectivity index (χ2v) is 5.00. The number of ether oxygens (including phenoxy) is 1. The van der Waals surface area contributed by atoms with Crippen molar-refractivity contribution in [3.63, 3.8) is 0 Å². The molecule has 1 saturated heterocycles. The molecule has 1 heterocycles. The Morgan fingerprint density at radius 3 is 2.94 bits per heavy atom. The van der Waals surface area contributed by atoms with Gasteiger partial charge in [0.05, 0.1) is 13.2 Å². The predicted octanol–water partition coefficient (Wildman–Crippen LogP) is -0.297. The summed E-state index contributed by atoms with van der Waals surface area (Å²) in [7, 11) is 0. The lowest BCUT2D eigenvalue weighted by molar-refractivity contribution is -0.136. The first-order valence-electron chi connectivity index (χ1n) is 6.59. The molecule has 1 aliphatic carbocycles. The normalized spacial score (nSPS) is 34.1. The summed E-state index contributed by atoms with van der Waals surface area (Å²) in [6, 6.07) is 0.682. The molecule has 2 aliphatic rings. The molecule has 1 unspecified atom stereocenters. The Hall–Kier alpha value is -0.650. The standard InChI is InChI=1S/C12H23N3O2/c1-2-3-14-12(16)11-8-17-5-4-15(11)10-6-9(13)7-10/h9-11H,2-8,13H2,1H3,(H,14,16). The third-order valence-corrected chi connectivity index (χ3v) is 3.64. The summed E-state index contributed by atoms with van der Waals surface area (Å²) in [5.74, 6) is 0.104. The average molecular weight is 241 g/mol. The molecule has 0 bridgehead atoms. The molecule has 5 heteroatoms. The van der Waals surface area contributed by atoms with Gasteiger partial charge in [0, 0.05) is 25.2 Å². The Labute approximate surface area is 103 Å². The first kappa shape index (κ1) is 12.8. The summed E-state index contributed by atoms with van der Waals surface area (Å²) in [5, 5.41) is 2.95. The van der Waals surface area contributed by atoms with E-state index in [9.17, 15) is 4.79 Å². The molecule has 1 amide bonds. The summed E-state index contributed by atoms with van der Waals surface area (Å²) >= 11 is 0. The van der Waals surface area contributed by atoms with Gasteiger partial charge >= 0.3 is 0 Å². The number of amides is 1. The number of nitrogens with one attached hydrogen (secondary N) is 1. The SMILES string of the molecule is CCCNC(=O)C1COCCN1C1CC(N)C1. The molecule has 1 atom stereocenters. The Morgan fingerprint density at radius 2 is 2.29 bits per heavy atom. The summed E-state index contributed by atoms with van der Waals surface area (Å²) in [5.41, 5.74) is 5.82. The molecule has 5 nitrogen and oxygen atoms in total. The van der Waals surface area contributed by atoms with Gasteiger partial charge in [0.2, 0.25) is 5.91 Å². The van der Waals surface area contributed by atoms with Gasteiger partial charge in [-0.1, -0.05) is 6.92 Å². The van der Waals surface area contributed by atoms with Gasteiger partial charge in [-0.15, -0.1) is 0 Å². The van der Waals surface area contributed by atoms with Crippen molar-refractivity contribution in [3.8, 4) is 0 Å². The van der Waals surface area contributed by atoms with E-state index in [1.807, 2.05) is 0 Å². The number of rotatable bonds is 4. The second kappa shape index (κ2) is 5.80. The maximum absolute atomic E-state index is 12.0. The van der Waals surface area contributed by atoms with Crippen LogP contribution in [0.3, 0.4) is 0 Å². The highest BCUT2D eigenvalue weighted by Crippen LogP contribution is 2.27. The van der Waals surface area contributed by atoms with Crippen molar-refractivity contribution in [1.82, 2.24) is 10.2 Å². The van der Waals surface area contributed by atoms with E-state index < -0.39 is 0 Å². The van der Waals surface area contributed by atoms with Crippen LogP contribution in [-0.4, -0.2) is 55.2 Å². The van der Waals surface area contributed by atoms with Gasteiger partial charge in [-0.2, -0.15) is 0 Å². The fourth-order valence-corrected chi connectivity index (χ4v) is 2.55. The summed E-state index contributed by atoms with van der Waals surface area (Å²) in [4.78, 5) is 14.3. The Balaban J connectivity index is 1.90. The molecule has 1 aliphatic heterocycles. The van der Waals surface area contributed by atoms with Gasteiger partial charge in [-0.05, 0) is 19.3 Å². The fraction of sp³-hybridized carbons (Fsp3) is 0.917. The summed E-state index contributed by atoms with van der Waals surface area (Å²) in [6.07, 6.45) is 2.99. The van der Waals surface area contributed by atoms with Crippen molar-refractivity contribution in [2.45, 2.75) is 44.3 Å². The van der Waals surface area contributed by atoms with E-state index >= 15 is 0 Å². The predicted molar refractivity (Wildman–Crippen MR) is 65.6 cm³/mol. The molecule has 0 radical (unpaired) electrons. The molecule has 0 aromatic rings. The first-order valence-corrected chi connectivity index (χ1v) is 6.59. The van der Waals surface area contributed by atoms with Crippen molar-refractivity contribution in [2.24, 2.45) is 5.73 Å².